The first-order valence-corrected chi connectivity index (χ1v) is 10.4. The van der Waals surface area contributed by atoms with Crippen molar-refractivity contribution in [1.29, 1.82) is 0 Å². The second-order valence-corrected chi connectivity index (χ2v) is 8.57. The maximum Gasteiger partial charge on any atom is 0.254 e. The van der Waals surface area contributed by atoms with Crippen molar-refractivity contribution in [3.63, 3.8) is 0 Å². The van der Waals surface area contributed by atoms with Crippen molar-refractivity contribution in [2.24, 2.45) is 0 Å². The molecule has 3 N–H and O–H groups in total. The third-order valence-corrected chi connectivity index (χ3v) is 5.66. The Kier molecular flexibility index (Phi) is 5.38. The highest BCUT2D eigenvalue weighted by Crippen LogP contribution is 2.32. The first kappa shape index (κ1) is 20.6. The van der Waals surface area contributed by atoms with E-state index in [0.717, 1.165) is 29.2 Å². The van der Waals surface area contributed by atoms with E-state index < -0.39 is 5.60 Å². The van der Waals surface area contributed by atoms with Gasteiger partial charge in [0.25, 0.3) is 5.91 Å². The van der Waals surface area contributed by atoms with Crippen molar-refractivity contribution < 1.29 is 14.6 Å². The number of hydrogen-bond acceptors (Lipinski definition) is 7. The smallest absolute Gasteiger partial charge is 0.254 e. The number of amides is 1. The Morgan fingerprint density at radius 2 is 1.97 bits per heavy atom. The van der Waals surface area contributed by atoms with Crippen LogP contribution < -0.4 is 10.6 Å². The molecule has 0 spiro atoms. The molecule has 0 radical (unpaired) electrons. The highest BCUT2D eigenvalue weighted by molar-refractivity contribution is 5.84. The Hall–Kier alpha value is -2.71. The topological polar surface area (TPSA) is 105 Å². The molecule has 8 nitrogen and oxygen atoms in total. The fraction of sp³-hybridized carbons (Fsp3) is 0.500. The molecule has 2 aliphatic rings. The van der Waals surface area contributed by atoms with Crippen molar-refractivity contribution in [2.75, 3.05) is 36.9 Å². The van der Waals surface area contributed by atoms with Crippen LogP contribution in [0, 0.1) is 0 Å². The lowest BCUT2D eigenvalue weighted by Crippen LogP contribution is -2.48. The molecule has 2 aromatic rings. The quantitative estimate of drug-likeness (QED) is 0.739. The van der Waals surface area contributed by atoms with Gasteiger partial charge in [-0.3, -0.25) is 4.79 Å². The molecular formula is C22H29N5O3. The fourth-order valence-electron chi connectivity index (χ4n) is 4.01. The van der Waals surface area contributed by atoms with E-state index in [-0.39, 0.29) is 11.9 Å². The van der Waals surface area contributed by atoms with E-state index in [9.17, 15) is 9.90 Å². The minimum Gasteiger partial charge on any atom is -0.399 e. The number of carbonyl (C=O) groups excluding carboxylic acids is 1. The van der Waals surface area contributed by atoms with E-state index in [0.29, 0.717) is 44.2 Å². The standard InChI is InChI=1S/C22H29N5O3/c1-14-13-30-11-10-27(14)20-17-8-9-26(21(28)22(2,3)29)12-18(17)24-19(25-20)15-4-6-16(23)7-5-15/h4-7,14,29H,8-13,23H2,1-3H3. The van der Waals surface area contributed by atoms with E-state index in [1.54, 1.807) is 4.90 Å². The summed E-state index contributed by atoms with van der Waals surface area (Å²) in [6.45, 7) is 8.13. The molecule has 30 heavy (non-hydrogen) atoms. The number of anilines is 2. The number of nitrogen functional groups attached to an aromatic ring is 1. The van der Waals surface area contributed by atoms with Gasteiger partial charge in [-0.05, 0) is 51.5 Å². The predicted octanol–water partition coefficient (Wildman–Crippen LogP) is 1.61. The molecule has 1 atom stereocenters. The zero-order valence-electron chi connectivity index (χ0n) is 17.8. The van der Waals surface area contributed by atoms with E-state index in [4.69, 9.17) is 20.4 Å². The van der Waals surface area contributed by atoms with Gasteiger partial charge < -0.3 is 25.4 Å². The summed E-state index contributed by atoms with van der Waals surface area (Å²) < 4.78 is 5.61. The maximum atomic E-state index is 12.7. The summed E-state index contributed by atoms with van der Waals surface area (Å²) in [7, 11) is 0. The van der Waals surface area contributed by atoms with E-state index in [2.05, 4.69) is 11.8 Å². The number of nitrogens with zero attached hydrogens (tertiary/aromatic N) is 4. The molecule has 160 valence electrons. The summed E-state index contributed by atoms with van der Waals surface area (Å²) in [5, 5.41) is 10.2. The Balaban J connectivity index is 1.78. The summed E-state index contributed by atoms with van der Waals surface area (Å²) in [5.41, 5.74) is 7.89. The van der Waals surface area contributed by atoms with E-state index in [1.165, 1.54) is 13.8 Å². The van der Waals surface area contributed by atoms with Crippen molar-refractivity contribution in [3.05, 3.63) is 35.5 Å². The highest BCUT2D eigenvalue weighted by atomic mass is 16.5. The van der Waals surface area contributed by atoms with Crippen LogP contribution >= 0.6 is 0 Å². The molecule has 0 aliphatic carbocycles. The predicted molar refractivity (Wildman–Crippen MR) is 115 cm³/mol. The van der Waals surface area contributed by atoms with Gasteiger partial charge in [-0.2, -0.15) is 0 Å². The summed E-state index contributed by atoms with van der Waals surface area (Å²) >= 11 is 0. The van der Waals surface area contributed by atoms with Crippen molar-refractivity contribution in [1.82, 2.24) is 14.9 Å². The Morgan fingerprint density at radius 1 is 1.23 bits per heavy atom. The molecule has 1 unspecified atom stereocenters. The molecule has 2 aliphatic heterocycles. The Bertz CT molecular complexity index is 939. The molecule has 1 fully saturated rings. The average Bonchev–Trinajstić information content (AvgIpc) is 2.72. The van der Waals surface area contributed by atoms with Crippen LogP contribution in [0.15, 0.2) is 24.3 Å². The van der Waals surface area contributed by atoms with Crippen molar-refractivity contribution in [2.45, 2.75) is 45.4 Å². The van der Waals surface area contributed by atoms with Gasteiger partial charge in [0.2, 0.25) is 0 Å². The number of hydrogen-bond donors (Lipinski definition) is 2. The summed E-state index contributed by atoms with van der Waals surface area (Å²) in [6, 6.07) is 7.68. The number of benzene rings is 1. The van der Waals surface area contributed by atoms with Gasteiger partial charge in [-0.25, -0.2) is 9.97 Å². The number of aliphatic hydroxyl groups is 1. The third kappa shape index (κ3) is 3.97. The van der Waals surface area contributed by atoms with Crippen LogP contribution in [0.3, 0.4) is 0 Å². The van der Waals surface area contributed by atoms with Crippen LogP contribution in [-0.4, -0.2) is 63.8 Å². The summed E-state index contributed by atoms with van der Waals surface area (Å²) in [6.07, 6.45) is 0.651. The van der Waals surface area contributed by atoms with E-state index in [1.807, 2.05) is 24.3 Å². The second-order valence-electron chi connectivity index (χ2n) is 8.57. The van der Waals surface area contributed by atoms with Crippen LogP contribution in [0.1, 0.15) is 32.0 Å². The summed E-state index contributed by atoms with van der Waals surface area (Å²) in [4.78, 5) is 26.4. The molecule has 8 heteroatoms. The number of fused-ring (bicyclic) bond motifs is 1. The zero-order valence-corrected chi connectivity index (χ0v) is 17.8. The minimum absolute atomic E-state index is 0.202. The normalized spacial score (nSPS) is 19.5. The van der Waals surface area contributed by atoms with Gasteiger partial charge in [0.1, 0.15) is 11.4 Å². The zero-order chi connectivity index (χ0) is 21.5. The van der Waals surface area contributed by atoms with Crippen LogP contribution in [0.5, 0.6) is 0 Å². The number of rotatable bonds is 3. The average molecular weight is 412 g/mol. The number of ether oxygens (including phenoxy) is 1. The Morgan fingerprint density at radius 3 is 2.63 bits per heavy atom. The maximum absolute atomic E-state index is 12.7. The molecule has 0 bridgehead atoms. The van der Waals surface area contributed by atoms with Crippen molar-refractivity contribution >= 4 is 17.4 Å². The first-order valence-electron chi connectivity index (χ1n) is 10.4. The van der Waals surface area contributed by atoms with Gasteiger partial charge in [0.05, 0.1) is 31.5 Å². The van der Waals surface area contributed by atoms with Crippen LogP contribution in [-0.2, 0) is 22.5 Å². The lowest BCUT2D eigenvalue weighted by Gasteiger charge is -2.38. The Labute approximate surface area is 176 Å². The monoisotopic (exact) mass is 411 g/mol. The molecule has 1 aromatic carbocycles. The van der Waals surface area contributed by atoms with Gasteiger partial charge >= 0.3 is 0 Å². The fourth-order valence-corrected chi connectivity index (χ4v) is 4.01. The lowest BCUT2D eigenvalue weighted by atomic mass is 10.0. The number of aromatic nitrogens is 2. The van der Waals surface area contributed by atoms with Gasteiger partial charge in [-0.15, -0.1) is 0 Å². The first-order chi connectivity index (χ1) is 14.2. The van der Waals surface area contributed by atoms with Crippen LogP contribution in [0.2, 0.25) is 0 Å². The molecule has 4 rings (SSSR count). The molecule has 1 saturated heterocycles. The molecular weight excluding hydrogens is 382 g/mol. The number of nitrogens with two attached hydrogens (primary N) is 1. The van der Waals surface area contributed by atoms with Gasteiger partial charge in [-0.1, -0.05) is 0 Å². The largest absolute Gasteiger partial charge is 0.399 e. The van der Waals surface area contributed by atoms with Gasteiger partial charge in [0, 0.05) is 29.9 Å². The molecule has 0 saturated carbocycles. The second kappa shape index (κ2) is 7.85. The van der Waals surface area contributed by atoms with Gasteiger partial charge in [0.15, 0.2) is 5.82 Å². The SMILES string of the molecule is CC1COCCN1c1nc(-c2ccc(N)cc2)nc2c1CCN(C(=O)C(C)(C)O)C2. The third-order valence-electron chi connectivity index (χ3n) is 5.66. The lowest BCUT2D eigenvalue weighted by molar-refractivity contribution is -0.148. The summed E-state index contributed by atoms with van der Waals surface area (Å²) in [5.74, 6) is 1.24. The highest BCUT2D eigenvalue weighted by Gasteiger charge is 2.34. The van der Waals surface area contributed by atoms with Crippen LogP contribution in [0.25, 0.3) is 11.4 Å². The number of morpholine rings is 1. The van der Waals surface area contributed by atoms with E-state index >= 15 is 0 Å². The molecule has 3 heterocycles. The van der Waals surface area contributed by atoms with Crippen LogP contribution in [0.4, 0.5) is 11.5 Å². The molecule has 1 aromatic heterocycles. The minimum atomic E-state index is -1.41. The van der Waals surface area contributed by atoms with Crippen molar-refractivity contribution in [3.8, 4) is 11.4 Å². The number of carbonyl (C=O) groups is 1. The molecule has 1 amide bonds.